The van der Waals surface area contributed by atoms with Crippen LogP contribution in [0.15, 0.2) is 12.3 Å². The lowest BCUT2D eigenvalue weighted by atomic mass is 9.73. The summed E-state index contributed by atoms with van der Waals surface area (Å²) in [5.41, 5.74) is 7.41. The summed E-state index contributed by atoms with van der Waals surface area (Å²) in [6.07, 6.45) is 7.45. The van der Waals surface area contributed by atoms with Crippen LogP contribution in [-0.4, -0.2) is 28.0 Å². The lowest BCUT2D eigenvalue weighted by Gasteiger charge is -2.43. The second-order valence-electron chi connectivity index (χ2n) is 5.99. The Bertz CT molecular complexity index is 400. The fourth-order valence-electron chi connectivity index (χ4n) is 3.39. The van der Waals surface area contributed by atoms with Gasteiger partial charge in [0.05, 0.1) is 11.3 Å². The molecule has 0 spiro atoms. The van der Waals surface area contributed by atoms with E-state index in [2.05, 4.69) is 18.9 Å². The maximum atomic E-state index is 6.50. The van der Waals surface area contributed by atoms with Crippen LogP contribution in [0.5, 0.6) is 0 Å². The average Bonchev–Trinajstić information content (AvgIpc) is 2.75. The summed E-state index contributed by atoms with van der Waals surface area (Å²) < 4.78 is 7.95. The molecule has 1 aromatic heterocycles. The molecule has 0 radical (unpaired) electrons. The molecular formula is C15H27N3O. The van der Waals surface area contributed by atoms with Crippen LogP contribution in [0, 0.1) is 5.92 Å². The minimum absolute atomic E-state index is 0.0325. The quantitative estimate of drug-likeness (QED) is 0.888. The summed E-state index contributed by atoms with van der Waals surface area (Å²) in [7, 11) is 1.94. The van der Waals surface area contributed by atoms with Gasteiger partial charge in [-0.05, 0) is 31.7 Å². The van der Waals surface area contributed by atoms with E-state index in [0.717, 1.165) is 31.6 Å². The second-order valence-corrected chi connectivity index (χ2v) is 5.99. The zero-order valence-corrected chi connectivity index (χ0v) is 12.4. The zero-order chi connectivity index (χ0) is 13.9. The summed E-state index contributed by atoms with van der Waals surface area (Å²) in [6.45, 7) is 5.11. The van der Waals surface area contributed by atoms with Gasteiger partial charge in [0, 0.05) is 32.3 Å². The van der Waals surface area contributed by atoms with E-state index in [-0.39, 0.29) is 11.6 Å². The van der Waals surface area contributed by atoms with E-state index in [1.54, 1.807) is 0 Å². The third kappa shape index (κ3) is 3.37. The molecule has 4 nitrogen and oxygen atoms in total. The van der Waals surface area contributed by atoms with E-state index < -0.39 is 0 Å². The summed E-state index contributed by atoms with van der Waals surface area (Å²) in [5.74, 6) is 0.704. The lowest BCUT2D eigenvalue weighted by molar-refractivity contribution is -0.0926. The molecule has 0 bridgehead atoms. The molecule has 2 rings (SSSR count). The van der Waals surface area contributed by atoms with E-state index in [1.165, 1.54) is 12.8 Å². The number of hydrogen-bond acceptors (Lipinski definition) is 3. The summed E-state index contributed by atoms with van der Waals surface area (Å²) >= 11 is 0. The molecule has 3 unspecified atom stereocenters. The number of aryl methyl sites for hydroxylation is 1. The minimum Gasteiger partial charge on any atom is -0.374 e. The Balaban J connectivity index is 2.09. The van der Waals surface area contributed by atoms with Crippen LogP contribution in [0.25, 0.3) is 0 Å². The Labute approximate surface area is 116 Å². The first kappa shape index (κ1) is 14.5. The molecule has 1 aliphatic rings. The highest BCUT2D eigenvalue weighted by Gasteiger charge is 2.41. The predicted octanol–water partition coefficient (Wildman–Crippen LogP) is 2.28. The molecule has 1 fully saturated rings. The Morgan fingerprint density at radius 1 is 1.63 bits per heavy atom. The molecule has 19 heavy (non-hydrogen) atoms. The highest BCUT2D eigenvalue weighted by molar-refractivity contribution is 5.06. The molecule has 1 saturated carbocycles. The van der Waals surface area contributed by atoms with Crippen molar-refractivity contribution >= 4 is 0 Å². The Morgan fingerprint density at radius 2 is 2.42 bits per heavy atom. The standard InChI is InChI=1S/C15H27N3O/c1-4-19-15(8-5-6-12(2)11-15)14(16)10-13-7-9-18(3)17-13/h7,9,12,14H,4-6,8,10-11,16H2,1-3H3. The number of nitrogens with zero attached hydrogens (tertiary/aromatic N) is 2. The predicted molar refractivity (Wildman–Crippen MR) is 76.9 cm³/mol. The Kier molecular flexibility index (Phi) is 4.63. The largest absolute Gasteiger partial charge is 0.374 e. The third-order valence-corrected chi connectivity index (χ3v) is 4.30. The van der Waals surface area contributed by atoms with Gasteiger partial charge in [-0.15, -0.1) is 0 Å². The molecular weight excluding hydrogens is 238 g/mol. The van der Waals surface area contributed by atoms with Crippen molar-refractivity contribution in [2.45, 2.75) is 57.6 Å². The van der Waals surface area contributed by atoms with E-state index in [9.17, 15) is 0 Å². The Morgan fingerprint density at radius 3 is 3.00 bits per heavy atom. The van der Waals surface area contributed by atoms with E-state index in [0.29, 0.717) is 5.92 Å². The number of nitrogens with two attached hydrogens (primary N) is 1. The van der Waals surface area contributed by atoms with Crippen LogP contribution in [0.3, 0.4) is 0 Å². The van der Waals surface area contributed by atoms with Gasteiger partial charge < -0.3 is 10.5 Å². The molecule has 2 N–H and O–H groups in total. The van der Waals surface area contributed by atoms with Crippen LogP contribution in [0.1, 0.15) is 45.2 Å². The van der Waals surface area contributed by atoms with Gasteiger partial charge in [-0.3, -0.25) is 4.68 Å². The van der Waals surface area contributed by atoms with Crippen LogP contribution < -0.4 is 5.73 Å². The molecule has 0 saturated heterocycles. The maximum Gasteiger partial charge on any atom is 0.0838 e. The molecule has 1 aromatic rings. The molecule has 108 valence electrons. The molecule has 0 aromatic carbocycles. The van der Waals surface area contributed by atoms with Crippen molar-refractivity contribution in [3.05, 3.63) is 18.0 Å². The van der Waals surface area contributed by atoms with Crippen molar-refractivity contribution in [3.8, 4) is 0 Å². The van der Waals surface area contributed by atoms with Gasteiger partial charge in [-0.1, -0.05) is 19.8 Å². The van der Waals surface area contributed by atoms with Crippen molar-refractivity contribution in [3.63, 3.8) is 0 Å². The van der Waals surface area contributed by atoms with Crippen LogP contribution in [0.4, 0.5) is 0 Å². The SMILES string of the molecule is CCOC1(C(N)Cc2ccn(C)n2)CCCC(C)C1. The minimum atomic E-state index is -0.149. The molecule has 0 amide bonds. The summed E-state index contributed by atoms with van der Waals surface area (Å²) in [6, 6.07) is 2.08. The smallest absolute Gasteiger partial charge is 0.0838 e. The number of ether oxygens (including phenoxy) is 1. The highest BCUT2D eigenvalue weighted by atomic mass is 16.5. The van der Waals surface area contributed by atoms with E-state index >= 15 is 0 Å². The lowest BCUT2D eigenvalue weighted by Crippen LogP contribution is -2.53. The van der Waals surface area contributed by atoms with Gasteiger partial charge in [0.15, 0.2) is 0 Å². The number of rotatable bonds is 5. The molecule has 4 heteroatoms. The van der Waals surface area contributed by atoms with Crippen molar-refractivity contribution in [2.75, 3.05) is 6.61 Å². The summed E-state index contributed by atoms with van der Waals surface area (Å²) in [5, 5.41) is 4.44. The van der Waals surface area contributed by atoms with Gasteiger partial charge in [-0.25, -0.2) is 0 Å². The number of hydrogen-bond donors (Lipinski definition) is 1. The molecule has 3 atom stereocenters. The second kappa shape index (κ2) is 6.06. The van der Waals surface area contributed by atoms with Crippen LogP contribution in [0.2, 0.25) is 0 Å². The zero-order valence-electron chi connectivity index (χ0n) is 12.4. The summed E-state index contributed by atoms with van der Waals surface area (Å²) in [4.78, 5) is 0. The van der Waals surface area contributed by atoms with Gasteiger partial charge in [0.1, 0.15) is 0 Å². The van der Waals surface area contributed by atoms with Crippen molar-refractivity contribution < 1.29 is 4.74 Å². The fourth-order valence-corrected chi connectivity index (χ4v) is 3.39. The monoisotopic (exact) mass is 265 g/mol. The maximum absolute atomic E-state index is 6.50. The highest BCUT2D eigenvalue weighted by Crippen LogP contribution is 2.37. The van der Waals surface area contributed by atoms with Gasteiger partial charge in [0.25, 0.3) is 0 Å². The first-order chi connectivity index (χ1) is 9.05. The normalized spacial score (nSPS) is 29.4. The first-order valence-electron chi connectivity index (χ1n) is 7.44. The molecule has 1 heterocycles. The molecule has 1 aliphatic carbocycles. The van der Waals surface area contributed by atoms with Gasteiger partial charge >= 0.3 is 0 Å². The topological polar surface area (TPSA) is 53.1 Å². The Hall–Kier alpha value is -0.870. The van der Waals surface area contributed by atoms with Gasteiger partial charge in [0.2, 0.25) is 0 Å². The average molecular weight is 265 g/mol. The van der Waals surface area contributed by atoms with E-state index in [1.807, 2.05) is 24.0 Å². The third-order valence-electron chi connectivity index (χ3n) is 4.30. The van der Waals surface area contributed by atoms with E-state index in [4.69, 9.17) is 10.5 Å². The van der Waals surface area contributed by atoms with Gasteiger partial charge in [-0.2, -0.15) is 5.10 Å². The molecule has 0 aliphatic heterocycles. The van der Waals surface area contributed by atoms with Crippen molar-refractivity contribution in [2.24, 2.45) is 18.7 Å². The number of aromatic nitrogens is 2. The van der Waals surface area contributed by atoms with Crippen LogP contribution >= 0.6 is 0 Å². The fraction of sp³-hybridized carbons (Fsp3) is 0.800. The first-order valence-corrected chi connectivity index (χ1v) is 7.44. The van der Waals surface area contributed by atoms with Crippen LogP contribution in [-0.2, 0) is 18.2 Å². The van der Waals surface area contributed by atoms with Crippen molar-refractivity contribution in [1.82, 2.24) is 9.78 Å². The van der Waals surface area contributed by atoms with Crippen molar-refractivity contribution in [1.29, 1.82) is 0 Å².